The molecule has 0 spiro atoms. The summed E-state index contributed by atoms with van der Waals surface area (Å²) in [5.74, 6) is -0.693. The largest absolute Gasteiger partial charge is 0.460 e. The van der Waals surface area contributed by atoms with Crippen molar-refractivity contribution in [1.82, 2.24) is 0 Å². The molecule has 98 valence electrons. The number of benzene rings is 1. The molecule has 0 radical (unpaired) electrons. The number of benzodiazepines with no additional fused rings is 1. The Hall–Kier alpha value is -2.43. The van der Waals surface area contributed by atoms with Gasteiger partial charge in [-0.2, -0.15) is 0 Å². The van der Waals surface area contributed by atoms with Crippen molar-refractivity contribution in [3.05, 3.63) is 42.5 Å². The van der Waals surface area contributed by atoms with E-state index in [1.807, 2.05) is 18.2 Å². The van der Waals surface area contributed by atoms with Crippen molar-refractivity contribution >= 4 is 23.8 Å². The van der Waals surface area contributed by atoms with Gasteiger partial charge in [-0.1, -0.05) is 30.9 Å². The molecule has 1 aromatic carbocycles. The normalized spacial score (nSPS) is 13.7. The predicted octanol–water partition coefficient (Wildman–Crippen LogP) is 1.18. The van der Waals surface area contributed by atoms with Crippen LogP contribution in [0.1, 0.15) is 5.56 Å². The standard InChI is InChI=1S/C14H14N2O3/c1-2-7-19-14(18)10-16-12-6-4-3-5-11(12)8-15-9-13(16)17/h2-6,8H,1,7,9-10H2. The van der Waals surface area contributed by atoms with Crippen LogP contribution in [-0.2, 0) is 14.3 Å². The minimum atomic E-state index is -0.468. The summed E-state index contributed by atoms with van der Waals surface area (Å²) in [6.45, 7) is 3.52. The van der Waals surface area contributed by atoms with E-state index >= 15 is 0 Å². The van der Waals surface area contributed by atoms with Gasteiger partial charge in [-0.3, -0.25) is 19.5 Å². The Morgan fingerprint density at radius 1 is 1.47 bits per heavy atom. The smallest absolute Gasteiger partial charge is 0.326 e. The van der Waals surface area contributed by atoms with Gasteiger partial charge in [0, 0.05) is 11.8 Å². The third-order valence-corrected chi connectivity index (χ3v) is 2.63. The maximum atomic E-state index is 12.0. The first-order valence-corrected chi connectivity index (χ1v) is 5.88. The number of aliphatic imine (C=N–C) groups is 1. The molecule has 1 amide bonds. The highest BCUT2D eigenvalue weighted by molar-refractivity contribution is 6.05. The second kappa shape index (κ2) is 5.95. The molecule has 5 heteroatoms. The first-order chi connectivity index (χ1) is 9.22. The molecule has 0 bridgehead atoms. The Kier molecular flexibility index (Phi) is 4.07. The van der Waals surface area contributed by atoms with Crippen LogP contribution in [0.2, 0.25) is 0 Å². The molecule has 0 N–H and O–H groups in total. The SMILES string of the molecule is C=CCOC(=O)CN1C(=O)CN=Cc2ccccc21. The molecule has 19 heavy (non-hydrogen) atoms. The second-order valence-electron chi connectivity index (χ2n) is 3.98. The summed E-state index contributed by atoms with van der Waals surface area (Å²) < 4.78 is 4.91. The van der Waals surface area contributed by atoms with Gasteiger partial charge >= 0.3 is 5.97 Å². The fourth-order valence-electron chi connectivity index (χ4n) is 1.78. The Morgan fingerprint density at radius 2 is 2.26 bits per heavy atom. The summed E-state index contributed by atoms with van der Waals surface area (Å²) in [4.78, 5) is 29.0. The zero-order chi connectivity index (χ0) is 13.7. The Bertz CT molecular complexity index is 537. The van der Waals surface area contributed by atoms with Gasteiger partial charge in [0.1, 0.15) is 19.7 Å². The van der Waals surface area contributed by atoms with Crippen LogP contribution in [0.4, 0.5) is 5.69 Å². The van der Waals surface area contributed by atoms with Crippen LogP contribution in [0, 0.1) is 0 Å². The van der Waals surface area contributed by atoms with Gasteiger partial charge in [-0.05, 0) is 6.07 Å². The molecule has 1 aliphatic rings. The fraction of sp³-hybridized carbons (Fsp3) is 0.214. The number of hydrogen-bond donors (Lipinski definition) is 0. The third-order valence-electron chi connectivity index (χ3n) is 2.63. The van der Waals surface area contributed by atoms with E-state index in [0.29, 0.717) is 5.69 Å². The number of anilines is 1. The van der Waals surface area contributed by atoms with Crippen LogP contribution in [0.15, 0.2) is 41.9 Å². The summed E-state index contributed by atoms with van der Waals surface area (Å²) >= 11 is 0. The monoisotopic (exact) mass is 258 g/mol. The summed E-state index contributed by atoms with van der Waals surface area (Å²) in [6.07, 6.45) is 3.13. The molecule has 1 aromatic rings. The van der Waals surface area contributed by atoms with Gasteiger partial charge < -0.3 is 4.74 Å². The maximum Gasteiger partial charge on any atom is 0.326 e. The van der Waals surface area contributed by atoms with E-state index in [4.69, 9.17) is 4.74 Å². The topological polar surface area (TPSA) is 59.0 Å². The molecular formula is C14H14N2O3. The van der Waals surface area contributed by atoms with Crippen molar-refractivity contribution in [3.8, 4) is 0 Å². The zero-order valence-electron chi connectivity index (χ0n) is 10.4. The second-order valence-corrected chi connectivity index (χ2v) is 3.98. The lowest BCUT2D eigenvalue weighted by molar-refractivity contribution is -0.141. The lowest BCUT2D eigenvalue weighted by Crippen LogP contribution is -2.37. The minimum absolute atomic E-state index is 0.0312. The molecule has 0 aromatic heterocycles. The van der Waals surface area contributed by atoms with Gasteiger partial charge in [0.15, 0.2) is 0 Å². The first-order valence-electron chi connectivity index (χ1n) is 5.88. The minimum Gasteiger partial charge on any atom is -0.460 e. The van der Waals surface area contributed by atoms with Crippen LogP contribution < -0.4 is 4.90 Å². The number of esters is 1. The van der Waals surface area contributed by atoms with Crippen molar-refractivity contribution < 1.29 is 14.3 Å². The number of para-hydroxylation sites is 1. The maximum absolute atomic E-state index is 12.0. The van der Waals surface area contributed by atoms with Crippen molar-refractivity contribution in [2.75, 3.05) is 24.6 Å². The van der Waals surface area contributed by atoms with E-state index in [2.05, 4.69) is 11.6 Å². The molecule has 5 nitrogen and oxygen atoms in total. The van der Waals surface area contributed by atoms with Crippen molar-refractivity contribution in [3.63, 3.8) is 0 Å². The van der Waals surface area contributed by atoms with E-state index in [9.17, 15) is 9.59 Å². The summed E-state index contributed by atoms with van der Waals surface area (Å²) in [6, 6.07) is 7.30. The molecule has 0 atom stereocenters. The number of rotatable bonds is 4. The zero-order valence-corrected chi connectivity index (χ0v) is 10.4. The highest BCUT2D eigenvalue weighted by Gasteiger charge is 2.22. The van der Waals surface area contributed by atoms with Gasteiger partial charge in [0.2, 0.25) is 5.91 Å². The third kappa shape index (κ3) is 3.07. The number of hydrogen-bond acceptors (Lipinski definition) is 4. The molecule has 0 fully saturated rings. The number of fused-ring (bicyclic) bond motifs is 1. The number of nitrogens with zero attached hydrogens (tertiary/aromatic N) is 2. The molecule has 0 saturated heterocycles. The molecular weight excluding hydrogens is 244 g/mol. The Morgan fingerprint density at radius 3 is 3.05 bits per heavy atom. The molecule has 2 rings (SSSR count). The van der Waals surface area contributed by atoms with Gasteiger partial charge in [-0.25, -0.2) is 0 Å². The van der Waals surface area contributed by atoms with E-state index < -0.39 is 5.97 Å². The lowest BCUT2D eigenvalue weighted by atomic mass is 10.2. The summed E-state index contributed by atoms with van der Waals surface area (Å²) in [5, 5.41) is 0. The Balaban J connectivity index is 2.21. The molecule has 0 unspecified atom stereocenters. The summed E-state index contributed by atoms with van der Waals surface area (Å²) in [7, 11) is 0. The van der Waals surface area contributed by atoms with Gasteiger partial charge in [-0.15, -0.1) is 0 Å². The van der Waals surface area contributed by atoms with Gasteiger partial charge in [0.05, 0.1) is 5.69 Å². The van der Waals surface area contributed by atoms with Crippen LogP contribution in [0.3, 0.4) is 0 Å². The van der Waals surface area contributed by atoms with Crippen LogP contribution >= 0.6 is 0 Å². The van der Waals surface area contributed by atoms with Gasteiger partial charge in [0.25, 0.3) is 0 Å². The molecule has 0 aliphatic carbocycles. The number of amides is 1. The number of ether oxygens (including phenoxy) is 1. The van der Waals surface area contributed by atoms with E-state index in [1.54, 1.807) is 12.3 Å². The quantitative estimate of drug-likeness (QED) is 0.602. The summed E-state index contributed by atoms with van der Waals surface area (Å²) in [5.41, 5.74) is 1.48. The van der Waals surface area contributed by atoms with Crippen LogP contribution in [-0.4, -0.2) is 37.8 Å². The highest BCUT2D eigenvalue weighted by atomic mass is 16.5. The average molecular weight is 258 g/mol. The van der Waals surface area contributed by atoms with Crippen LogP contribution in [0.5, 0.6) is 0 Å². The molecule has 0 saturated carbocycles. The van der Waals surface area contributed by atoms with E-state index in [-0.39, 0.29) is 25.6 Å². The average Bonchev–Trinajstić information content (AvgIpc) is 2.57. The number of carbonyl (C=O) groups excluding carboxylic acids is 2. The van der Waals surface area contributed by atoms with Crippen molar-refractivity contribution in [1.29, 1.82) is 0 Å². The van der Waals surface area contributed by atoms with Crippen molar-refractivity contribution in [2.24, 2.45) is 4.99 Å². The predicted molar refractivity (Wildman–Crippen MR) is 72.4 cm³/mol. The number of carbonyl (C=O) groups is 2. The van der Waals surface area contributed by atoms with Crippen molar-refractivity contribution in [2.45, 2.75) is 0 Å². The molecule has 1 heterocycles. The van der Waals surface area contributed by atoms with E-state index in [0.717, 1.165) is 5.56 Å². The Labute approximate surface area is 111 Å². The van der Waals surface area contributed by atoms with Crippen LogP contribution in [0.25, 0.3) is 0 Å². The lowest BCUT2D eigenvalue weighted by Gasteiger charge is -2.21. The fourth-order valence-corrected chi connectivity index (χ4v) is 1.78. The van der Waals surface area contributed by atoms with E-state index in [1.165, 1.54) is 11.0 Å². The first kappa shape index (κ1) is 13.0. The highest BCUT2D eigenvalue weighted by Crippen LogP contribution is 2.21. The molecule has 1 aliphatic heterocycles.